The van der Waals surface area contributed by atoms with Crippen molar-refractivity contribution in [3.8, 4) is 5.75 Å². The van der Waals surface area contributed by atoms with E-state index in [1.165, 1.54) is 6.92 Å². The summed E-state index contributed by atoms with van der Waals surface area (Å²) in [4.78, 5) is 11.1. The van der Waals surface area contributed by atoms with Gasteiger partial charge in [-0.25, -0.2) is 0 Å². The maximum absolute atomic E-state index is 12.4. The molecule has 0 unspecified atom stereocenters. The van der Waals surface area contributed by atoms with Crippen molar-refractivity contribution in [3.63, 3.8) is 0 Å². The number of aromatic hydroxyl groups is 1. The van der Waals surface area contributed by atoms with E-state index in [1.54, 1.807) is 0 Å². The van der Waals surface area contributed by atoms with Crippen molar-refractivity contribution in [2.75, 3.05) is 0 Å². The van der Waals surface area contributed by atoms with Crippen molar-refractivity contribution in [1.29, 1.82) is 0 Å². The van der Waals surface area contributed by atoms with Crippen LogP contribution in [0.5, 0.6) is 5.75 Å². The number of Topliss-reactive ketones (excluding diaryl/α,β-unsaturated/α-hetero) is 1. The lowest BCUT2D eigenvalue weighted by Crippen LogP contribution is -2.11. The summed E-state index contributed by atoms with van der Waals surface area (Å²) < 4.78 is 37.5. The van der Waals surface area contributed by atoms with Crippen LogP contribution < -0.4 is 0 Å². The van der Waals surface area contributed by atoms with Gasteiger partial charge in [0, 0.05) is 13.5 Å². The molecule has 1 rings (SSSR count). The Bertz CT molecular complexity index is 395. The molecule has 15 heavy (non-hydrogen) atoms. The zero-order chi connectivity index (χ0) is 11.8. The van der Waals surface area contributed by atoms with Crippen LogP contribution in [0, 0.1) is 0 Å². The van der Waals surface area contributed by atoms with Crippen LogP contribution in [0.25, 0.3) is 0 Å². The third-order valence-corrected chi connectivity index (χ3v) is 1.88. The summed E-state index contributed by atoms with van der Waals surface area (Å²) in [5.41, 5.74) is -1.84. The van der Waals surface area contributed by atoms with Crippen LogP contribution in [-0.2, 0) is 13.2 Å². The number of aromatic nitrogens is 2. The summed E-state index contributed by atoms with van der Waals surface area (Å²) in [5.74, 6) is -1.73. The molecule has 1 N–H and O–H groups in total. The van der Waals surface area contributed by atoms with Crippen molar-refractivity contribution < 1.29 is 23.1 Å². The predicted molar refractivity (Wildman–Crippen MR) is 44.5 cm³/mol. The number of hydrogen-bond donors (Lipinski definition) is 1. The van der Waals surface area contributed by atoms with Crippen LogP contribution in [0.2, 0.25) is 0 Å². The van der Waals surface area contributed by atoms with Crippen molar-refractivity contribution in [2.24, 2.45) is 7.05 Å². The van der Waals surface area contributed by atoms with Gasteiger partial charge < -0.3 is 5.11 Å². The smallest absolute Gasteiger partial charge is 0.436 e. The second-order valence-corrected chi connectivity index (χ2v) is 2.94. The fourth-order valence-electron chi connectivity index (χ4n) is 1.19. The minimum atomic E-state index is -4.72. The lowest BCUT2D eigenvalue weighted by Gasteiger charge is -2.05. The molecule has 1 aromatic heterocycles. The van der Waals surface area contributed by atoms with Gasteiger partial charge in [0.05, 0.1) is 0 Å². The molecular formula is C8H9F3N2O2. The Morgan fingerprint density at radius 3 is 2.40 bits per heavy atom. The zero-order valence-electron chi connectivity index (χ0n) is 8.09. The van der Waals surface area contributed by atoms with Gasteiger partial charge in [-0.3, -0.25) is 9.48 Å². The van der Waals surface area contributed by atoms with E-state index in [9.17, 15) is 23.1 Å². The van der Waals surface area contributed by atoms with Gasteiger partial charge >= 0.3 is 6.18 Å². The van der Waals surface area contributed by atoms with E-state index >= 15 is 0 Å². The number of rotatable bonds is 2. The highest BCUT2D eigenvalue weighted by molar-refractivity contribution is 5.96. The highest BCUT2D eigenvalue weighted by Crippen LogP contribution is 2.37. The Morgan fingerprint density at radius 2 is 2.07 bits per heavy atom. The molecule has 0 saturated carbocycles. The van der Waals surface area contributed by atoms with Crippen LogP contribution in [0.1, 0.15) is 29.5 Å². The van der Waals surface area contributed by atoms with Gasteiger partial charge in [-0.15, -0.1) is 0 Å². The molecule has 0 aliphatic rings. The van der Waals surface area contributed by atoms with E-state index < -0.39 is 29.1 Å². The third kappa shape index (κ3) is 1.95. The molecule has 0 aliphatic carbocycles. The zero-order valence-corrected chi connectivity index (χ0v) is 8.09. The minimum Gasteiger partial charge on any atom is -0.504 e. The molecule has 0 atom stereocenters. The number of carbonyl (C=O) groups is 1. The molecule has 84 valence electrons. The summed E-state index contributed by atoms with van der Waals surface area (Å²) in [6, 6.07) is 0. The van der Waals surface area contributed by atoms with Gasteiger partial charge in [0.15, 0.2) is 22.9 Å². The molecule has 0 amide bonds. The van der Waals surface area contributed by atoms with Crippen molar-refractivity contribution in [3.05, 3.63) is 11.4 Å². The van der Waals surface area contributed by atoms with E-state index in [1.807, 2.05) is 0 Å². The molecule has 0 bridgehead atoms. The molecule has 0 fully saturated rings. The molecule has 0 radical (unpaired) electrons. The summed E-state index contributed by atoms with van der Waals surface area (Å²) in [6.45, 7) is 1.48. The molecule has 0 saturated heterocycles. The topological polar surface area (TPSA) is 55.1 Å². The number of hydrogen-bond acceptors (Lipinski definition) is 3. The number of aryl methyl sites for hydroxylation is 1. The molecule has 1 aromatic rings. The van der Waals surface area contributed by atoms with E-state index in [0.29, 0.717) is 4.68 Å². The standard InChI is InChI=1S/C8H9F3N2O2/c1-3-4(14)5-6(15)7(8(9,10)11)13(2)12-5/h15H,3H2,1-2H3. The maximum atomic E-state index is 12.4. The number of carbonyl (C=O) groups excluding carboxylic acids is 1. The van der Waals surface area contributed by atoms with Crippen molar-refractivity contribution >= 4 is 5.78 Å². The molecule has 7 heteroatoms. The van der Waals surface area contributed by atoms with Crippen molar-refractivity contribution in [1.82, 2.24) is 9.78 Å². The van der Waals surface area contributed by atoms with Crippen LogP contribution in [0.4, 0.5) is 13.2 Å². The summed E-state index contributed by atoms with van der Waals surface area (Å²) in [7, 11) is 1.02. The molecule has 0 spiro atoms. The number of nitrogens with zero attached hydrogens (tertiary/aromatic N) is 2. The highest BCUT2D eigenvalue weighted by Gasteiger charge is 2.40. The molecule has 0 aromatic carbocycles. The number of halogens is 3. The molecule has 0 aliphatic heterocycles. The fraction of sp³-hybridized carbons (Fsp3) is 0.500. The quantitative estimate of drug-likeness (QED) is 0.775. The second-order valence-electron chi connectivity index (χ2n) is 2.94. The largest absolute Gasteiger partial charge is 0.504 e. The predicted octanol–water partition coefficient (Wildman–Crippen LogP) is 1.74. The lowest BCUT2D eigenvalue weighted by molar-refractivity contribution is -0.144. The van der Waals surface area contributed by atoms with Crippen molar-refractivity contribution in [2.45, 2.75) is 19.5 Å². The Morgan fingerprint density at radius 1 is 1.53 bits per heavy atom. The van der Waals surface area contributed by atoms with E-state index in [0.717, 1.165) is 7.05 Å². The van der Waals surface area contributed by atoms with E-state index in [-0.39, 0.29) is 6.42 Å². The van der Waals surface area contributed by atoms with Crippen LogP contribution in [0.15, 0.2) is 0 Å². The monoisotopic (exact) mass is 222 g/mol. The first-order valence-electron chi connectivity index (χ1n) is 4.15. The van der Waals surface area contributed by atoms with E-state index in [2.05, 4.69) is 5.10 Å². The Labute approximate surface area is 83.3 Å². The van der Waals surface area contributed by atoms with Crippen LogP contribution in [0.3, 0.4) is 0 Å². The summed E-state index contributed by atoms with van der Waals surface area (Å²) >= 11 is 0. The Hall–Kier alpha value is -1.53. The summed E-state index contributed by atoms with van der Waals surface area (Å²) in [6.07, 6.45) is -4.74. The SMILES string of the molecule is CCC(=O)c1nn(C)c(C(F)(F)F)c1O. The first-order valence-corrected chi connectivity index (χ1v) is 4.15. The second kappa shape index (κ2) is 3.56. The van der Waals surface area contributed by atoms with Gasteiger partial charge in [-0.1, -0.05) is 6.92 Å². The maximum Gasteiger partial charge on any atom is 0.436 e. The lowest BCUT2D eigenvalue weighted by atomic mass is 10.2. The minimum absolute atomic E-state index is 0.0120. The van der Waals surface area contributed by atoms with Crippen LogP contribution >= 0.6 is 0 Å². The average molecular weight is 222 g/mol. The fourth-order valence-corrected chi connectivity index (χ4v) is 1.19. The van der Waals surface area contributed by atoms with E-state index in [4.69, 9.17) is 0 Å². The van der Waals surface area contributed by atoms with Gasteiger partial charge in [0.1, 0.15) is 0 Å². The van der Waals surface area contributed by atoms with Gasteiger partial charge in [-0.05, 0) is 0 Å². The normalized spacial score (nSPS) is 11.8. The first kappa shape index (κ1) is 11.5. The van der Waals surface area contributed by atoms with Crippen LogP contribution in [-0.4, -0.2) is 20.7 Å². The average Bonchev–Trinajstić information content (AvgIpc) is 2.39. The Balaban J connectivity index is 3.33. The first-order chi connectivity index (χ1) is 6.79. The summed E-state index contributed by atoms with van der Waals surface area (Å²) in [5, 5.41) is 12.6. The molecule has 1 heterocycles. The molecule has 4 nitrogen and oxygen atoms in total. The highest BCUT2D eigenvalue weighted by atomic mass is 19.4. The van der Waals surface area contributed by atoms with Gasteiger partial charge in [0.2, 0.25) is 0 Å². The number of alkyl halides is 3. The van der Waals surface area contributed by atoms with Gasteiger partial charge in [0.25, 0.3) is 0 Å². The Kier molecular flexibility index (Phi) is 2.74. The molecular weight excluding hydrogens is 213 g/mol. The number of ketones is 1. The third-order valence-electron chi connectivity index (χ3n) is 1.88. The van der Waals surface area contributed by atoms with Gasteiger partial charge in [-0.2, -0.15) is 18.3 Å².